The van der Waals surface area contributed by atoms with Gasteiger partial charge in [-0.1, -0.05) is 25.1 Å². The Morgan fingerprint density at radius 1 is 1.38 bits per heavy atom. The summed E-state index contributed by atoms with van der Waals surface area (Å²) in [5, 5.41) is 0.423. The number of hydrogen-bond acceptors (Lipinski definition) is 1. The van der Waals surface area contributed by atoms with E-state index >= 15 is 0 Å². The van der Waals surface area contributed by atoms with Crippen molar-refractivity contribution in [3.8, 4) is 0 Å². The van der Waals surface area contributed by atoms with Crippen molar-refractivity contribution < 1.29 is 0 Å². The van der Waals surface area contributed by atoms with E-state index in [4.69, 9.17) is 11.6 Å². The molecule has 1 fully saturated rings. The summed E-state index contributed by atoms with van der Waals surface area (Å²) < 4.78 is 0. The van der Waals surface area contributed by atoms with Crippen molar-refractivity contribution >= 4 is 23.4 Å². The van der Waals surface area contributed by atoms with Crippen molar-refractivity contribution in [2.75, 3.05) is 5.75 Å². The van der Waals surface area contributed by atoms with Crippen LogP contribution >= 0.6 is 23.4 Å². The predicted octanol–water partition coefficient (Wildman–Crippen LogP) is 4.97. The Labute approximate surface area is 108 Å². The van der Waals surface area contributed by atoms with Gasteiger partial charge in [0.15, 0.2) is 0 Å². The SMILES string of the molecule is CC1(CCSc2ccccc2)CCC(Cl)C1. The van der Waals surface area contributed by atoms with E-state index in [1.807, 2.05) is 11.8 Å². The summed E-state index contributed by atoms with van der Waals surface area (Å²) in [5.41, 5.74) is 0.494. The van der Waals surface area contributed by atoms with E-state index < -0.39 is 0 Å². The number of thioether (sulfide) groups is 1. The second-order valence-electron chi connectivity index (χ2n) is 5.06. The minimum absolute atomic E-state index is 0.423. The van der Waals surface area contributed by atoms with Crippen LogP contribution in [0.5, 0.6) is 0 Å². The van der Waals surface area contributed by atoms with Crippen molar-refractivity contribution in [2.45, 2.75) is 42.9 Å². The molecule has 88 valence electrons. The lowest BCUT2D eigenvalue weighted by atomic mass is 9.86. The van der Waals surface area contributed by atoms with Gasteiger partial charge in [0.05, 0.1) is 0 Å². The summed E-state index contributed by atoms with van der Waals surface area (Å²) >= 11 is 8.15. The van der Waals surface area contributed by atoms with Crippen LogP contribution in [0.4, 0.5) is 0 Å². The normalized spacial score (nSPS) is 29.5. The number of hydrogen-bond donors (Lipinski definition) is 0. The van der Waals surface area contributed by atoms with E-state index in [2.05, 4.69) is 37.3 Å². The van der Waals surface area contributed by atoms with Crippen LogP contribution in [-0.4, -0.2) is 11.1 Å². The Kier molecular flexibility index (Phi) is 4.21. The zero-order chi connectivity index (χ0) is 11.4. The molecule has 1 aromatic rings. The zero-order valence-electron chi connectivity index (χ0n) is 9.79. The summed E-state index contributed by atoms with van der Waals surface area (Å²) in [7, 11) is 0. The van der Waals surface area contributed by atoms with Gasteiger partial charge in [-0.25, -0.2) is 0 Å². The number of rotatable bonds is 4. The Morgan fingerprint density at radius 3 is 2.75 bits per heavy atom. The summed E-state index contributed by atoms with van der Waals surface area (Å²) in [6.07, 6.45) is 4.99. The molecule has 2 rings (SSSR count). The van der Waals surface area contributed by atoms with Crippen LogP contribution < -0.4 is 0 Å². The van der Waals surface area contributed by atoms with Crippen LogP contribution in [0, 0.1) is 5.41 Å². The molecule has 0 aromatic heterocycles. The Bertz CT molecular complexity index is 325. The highest BCUT2D eigenvalue weighted by molar-refractivity contribution is 7.99. The third kappa shape index (κ3) is 3.43. The van der Waals surface area contributed by atoms with Gasteiger partial charge in [0.2, 0.25) is 0 Å². The molecule has 0 spiro atoms. The molecule has 0 bridgehead atoms. The lowest BCUT2D eigenvalue weighted by Gasteiger charge is -2.23. The first-order valence-corrected chi connectivity index (χ1v) is 7.42. The van der Waals surface area contributed by atoms with E-state index in [9.17, 15) is 0 Å². The molecule has 0 radical (unpaired) electrons. The van der Waals surface area contributed by atoms with E-state index in [1.54, 1.807) is 0 Å². The van der Waals surface area contributed by atoms with E-state index in [0.29, 0.717) is 10.8 Å². The van der Waals surface area contributed by atoms with E-state index in [0.717, 1.165) is 0 Å². The molecule has 2 unspecified atom stereocenters. The third-order valence-corrected chi connectivity index (χ3v) is 4.88. The minimum Gasteiger partial charge on any atom is -0.126 e. The molecule has 1 aromatic carbocycles. The van der Waals surface area contributed by atoms with Crippen LogP contribution in [0.15, 0.2) is 35.2 Å². The second-order valence-corrected chi connectivity index (χ2v) is 6.85. The molecule has 0 nitrogen and oxygen atoms in total. The maximum Gasteiger partial charge on any atom is 0.0341 e. The van der Waals surface area contributed by atoms with Gasteiger partial charge in [-0.05, 0) is 49.0 Å². The summed E-state index contributed by atoms with van der Waals surface area (Å²) in [4.78, 5) is 1.38. The van der Waals surface area contributed by atoms with Crippen molar-refractivity contribution in [1.82, 2.24) is 0 Å². The molecule has 1 aliphatic rings. The van der Waals surface area contributed by atoms with Crippen LogP contribution in [-0.2, 0) is 0 Å². The molecule has 0 N–H and O–H groups in total. The van der Waals surface area contributed by atoms with Crippen molar-refractivity contribution in [3.05, 3.63) is 30.3 Å². The third-order valence-electron chi connectivity index (χ3n) is 3.49. The fourth-order valence-corrected chi connectivity index (χ4v) is 4.06. The molecule has 1 aliphatic carbocycles. The van der Waals surface area contributed by atoms with Gasteiger partial charge in [0.25, 0.3) is 0 Å². The van der Waals surface area contributed by atoms with Crippen molar-refractivity contribution in [1.29, 1.82) is 0 Å². The van der Waals surface area contributed by atoms with Crippen molar-refractivity contribution in [2.24, 2.45) is 5.41 Å². The first-order chi connectivity index (χ1) is 7.68. The molecule has 0 amide bonds. The van der Waals surface area contributed by atoms with E-state index in [-0.39, 0.29) is 0 Å². The van der Waals surface area contributed by atoms with Gasteiger partial charge >= 0.3 is 0 Å². The second kappa shape index (κ2) is 5.46. The quantitative estimate of drug-likeness (QED) is 0.540. The molecule has 0 aliphatic heterocycles. The molecule has 2 heteroatoms. The van der Waals surface area contributed by atoms with Crippen LogP contribution in [0.25, 0.3) is 0 Å². The Balaban J connectivity index is 1.76. The maximum absolute atomic E-state index is 6.19. The lowest BCUT2D eigenvalue weighted by Crippen LogP contribution is -2.13. The minimum atomic E-state index is 0.423. The predicted molar refractivity (Wildman–Crippen MR) is 73.4 cm³/mol. The van der Waals surface area contributed by atoms with Gasteiger partial charge in [-0.3, -0.25) is 0 Å². The van der Waals surface area contributed by atoms with Gasteiger partial charge in [-0.2, -0.15) is 0 Å². The molecular weight excluding hydrogens is 236 g/mol. The number of benzene rings is 1. The van der Waals surface area contributed by atoms with Crippen LogP contribution in [0.1, 0.15) is 32.6 Å². The monoisotopic (exact) mass is 254 g/mol. The van der Waals surface area contributed by atoms with Gasteiger partial charge in [0, 0.05) is 10.3 Å². The first kappa shape index (κ1) is 12.3. The average Bonchev–Trinajstić information content (AvgIpc) is 2.60. The summed E-state index contributed by atoms with van der Waals surface area (Å²) in [6, 6.07) is 10.7. The number of halogens is 1. The Hall–Kier alpha value is -0.140. The average molecular weight is 255 g/mol. The smallest absolute Gasteiger partial charge is 0.0341 e. The topological polar surface area (TPSA) is 0 Å². The standard InChI is InChI=1S/C14H19ClS/c1-14(8-7-12(15)11-14)9-10-16-13-5-3-2-4-6-13/h2-6,12H,7-11H2,1H3. The highest BCUT2D eigenvalue weighted by atomic mass is 35.5. The first-order valence-electron chi connectivity index (χ1n) is 6.00. The lowest BCUT2D eigenvalue weighted by molar-refractivity contribution is 0.327. The molecular formula is C14H19ClS. The van der Waals surface area contributed by atoms with E-state index in [1.165, 1.54) is 36.3 Å². The highest BCUT2D eigenvalue weighted by Gasteiger charge is 2.33. The molecule has 2 atom stereocenters. The van der Waals surface area contributed by atoms with Gasteiger partial charge in [-0.15, -0.1) is 23.4 Å². The largest absolute Gasteiger partial charge is 0.126 e. The molecule has 1 saturated carbocycles. The maximum atomic E-state index is 6.19. The van der Waals surface area contributed by atoms with Crippen molar-refractivity contribution in [3.63, 3.8) is 0 Å². The fourth-order valence-electron chi connectivity index (χ4n) is 2.40. The summed E-state index contributed by atoms with van der Waals surface area (Å²) in [5.74, 6) is 1.21. The molecule has 0 heterocycles. The van der Waals surface area contributed by atoms with Gasteiger partial charge in [0.1, 0.15) is 0 Å². The summed E-state index contributed by atoms with van der Waals surface area (Å²) in [6.45, 7) is 2.39. The highest BCUT2D eigenvalue weighted by Crippen LogP contribution is 2.43. The van der Waals surface area contributed by atoms with Gasteiger partial charge < -0.3 is 0 Å². The fraction of sp³-hybridized carbons (Fsp3) is 0.571. The van der Waals surface area contributed by atoms with Crippen LogP contribution in [0.2, 0.25) is 0 Å². The number of alkyl halides is 1. The zero-order valence-corrected chi connectivity index (χ0v) is 11.4. The molecule has 0 saturated heterocycles. The Morgan fingerprint density at radius 2 is 2.12 bits per heavy atom. The van der Waals surface area contributed by atoms with Crippen LogP contribution in [0.3, 0.4) is 0 Å². The molecule has 16 heavy (non-hydrogen) atoms.